The third-order valence-electron chi connectivity index (χ3n) is 3.08. The molecule has 1 unspecified atom stereocenters. The summed E-state index contributed by atoms with van der Waals surface area (Å²) in [6, 6.07) is 5.05. The van der Waals surface area contributed by atoms with Gasteiger partial charge in [0, 0.05) is 23.5 Å². The molecule has 0 aliphatic rings. The first-order valence-electron chi connectivity index (χ1n) is 6.19. The quantitative estimate of drug-likeness (QED) is 0.538. The van der Waals surface area contributed by atoms with Gasteiger partial charge in [0.25, 0.3) is 5.91 Å². The van der Waals surface area contributed by atoms with E-state index in [1.54, 1.807) is 30.6 Å². The molecular weight excluding hydrogens is 256 g/mol. The third kappa shape index (κ3) is 2.09. The maximum Gasteiger partial charge on any atom is 0.273 e. The number of aromatic nitrogens is 4. The average molecular weight is 270 g/mol. The molecule has 3 aromatic rings. The smallest absolute Gasteiger partial charge is 0.273 e. The van der Waals surface area contributed by atoms with E-state index in [1.807, 2.05) is 6.92 Å². The van der Waals surface area contributed by atoms with Crippen LogP contribution in [0.2, 0.25) is 0 Å². The predicted molar refractivity (Wildman–Crippen MR) is 75.0 cm³/mol. The molecule has 1 amide bonds. The van der Waals surface area contributed by atoms with E-state index >= 15 is 0 Å². The molecule has 0 fully saturated rings. The zero-order chi connectivity index (χ0) is 14.1. The van der Waals surface area contributed by atoms with Crippen LogP contribution in [0.15, 0.2) is 30.6 Å². The number of fused-ring (bicyclic) bond motifs is 1. The highest BCUT2D eigenvalue weighted by Gasteiger charge is 2.18. The molecule has 3 rings (SSSR count). The number of carbonyl (C=O) groups is 1. The molecule has 0 radical (unpaired) electrons. The van der Waals surface area contributed by atoms with E-state index in [-0.39, 0.29) is 11.9 Å². The summed E-state index contributed by atoms with van der Waals surface area (Å²) in [4.78, 5) is 19.3. The number of hydrogen-bond donors (Lipinski definition) is 4. The maximum absolute atomic E-state index is 12.3. The van der Waals surface area contributed by atoms with E-state index < -0.39 is 0 Å². The number of anilines is 1. The van der Waals surface area contributed by atoms with Gasteiger partial charge < -0.3 is 16.0 Å². The van der Waals surface area contributed by atoms with Crippen molar-refractivity contribution in [2.24, 2.45) is 0 Å². The highest BCUT2D eigenvalue weighted by Crippen LogP contribution is 2.19. The fourth-order valence-electron chi connectivity index (χ4n) is 2.05. The normalized spacial score (nSPS) is 12.4. The van der Waals surface area contributed by atoms with Gasteiger partial charge in [-0.2, -0.15) is 5.10 Å². The lowest BCUT2D eigenvalue weighted by Gasteiger charge is -2.10. The first kappa shape index (κ1) is 12.2. The molecule has 0 saturated heterocycles. The maximum atomic E-state index is 12.3. The van der Waals surface area contributed by atoms with Crippen molar-refractivity contribution in [1.29, 1.82) is 0 Å². The van der Waals surface area contributed by atoms with Gasteiger partial charge in [-0.25, -0.2) is 4.98 Å². The van der Waals surface area contributed by atoms with Crippen LogP contribution in [0.5, 0.6) is 0 Å². The Kier molecular flexibility index (Phi) is 2.86. The van der Waals surface area contributed by atoms with Crippen molar-refractivity contribution in [3.63, 3.8) is 0 Å². The lowest BCUT2D eigenvalue weighted by molar-refractivity contribution is 0.0935. The van der Waals surface area contributed by atoms with E-state index in [1.165, 1.54) is 0 Å². The van der Waals surface area contributed by atoms with E-state index in [0.717, 1.165) is 5.52 Å². The minimum absolute atomic E-state index is 0.231. The number of rotatable bonds is 3. The van der Waals surface area contributed by atoms with Crippen molar-refractivity contribution in [3.8, 4) is 0 Å². The van der Waals surface area contributed by atoms with Crippen molar-refractivity contribution in [2.75, 3.05) is 5.73 Å². The van der Waals surface area contributed by atoms with Gasteiger partial charge in [0.05, 0.1) is 11.6 Å². The second kappa shape index (κ2) is 4.69. The van der Waals surface area contributed by atoms with Gasteiger partial charge in [0.2, 0.25) is 0 Å². The molecule has 102 valence electrons. The summed E-state index contributed by atoms with van der Waals surface area (Å²) in [6.07, 6.45) is 3.35. The largest absolute Gasteiger partial charge is 0.399 e. The molecule has 1 aromatic carbocycles. The molecule has 7 nitrogen and oxygen atoms in total. The van der Waals surface area contributed by atoms with Gasteiger partial charge in [-0.15, -0.1) is 0 Å². The number of nitrogens with zero attached hydrogens (tertiary/aromatic N) is 2. The van der Waals surface area contributed by atoms with Crippen molar-refractivity contribution in [2.45, 2.75) is 13.0 Å². The summed E-state index contributed by atoms with van der Waals surface area (Å²) in [5, 5.41) is 10.4. The summed E-state index contributed by atoms with van der Waals surface area (Å²) in [5.74, 6) is 0.420. The van der Waals surface area contributed by atoms with Gasteiger partial charge >= 0.3 is 0 Å². The number of amides is 1. The number of nitrogens with two attached hydrogens (primary N) is 1. The van der Waals surface area contributed by atoms with Crippen LogP contribution in [0.25, 0.3) is 10.9 Å². The number of hydrogen-bond acceptors (Lipinski definition) is 4. The Morgan fingerprint density at radius 1 is 1.45 bits per heavy atom. The van der Waals surface area contributed by atoms with Crippen LogP contribution in [-0.4, -0.2) is 26.1 Å². The van der Waals surface area contributed by atoms with Crippen molar-refractivity contribution < 1.29 is 4.79 Å². The van der Waals surface area contributed by atoms with Gasteiger partial charge in [-0.3, -0.25) is 9.89 Å². The van der Waals surface area contributed by atoms with Crippen LogP contribution < -0.4 is 11.1 Å². The second-order valence-electron chi connectivity index (χ2n) is 4.55. The number of imidazole rings is 1. The van der Waals surface area contributed by atoms with Gasteiger partial charge in [-0.05, 0) is 25.1 Å². The molecule has 0 aliphatic heterocycles. The standard InChI is InChI=1S/C13H14N6O/c1-7(12-15-4-5-16-12)17-13(20)11-9-6-8(14)2-3-10(9)18-19-11/h2-7H,14H2,1H3,(H,15,16)(H,17,20)(H,18,19). The minimum Gasteiger partial charge on any atom is -0.399 e. The lowest BCUT2D eigenvalue weighted by Crippen LogP contribution is -2.27. The molecule has 2 heterocycles. The SMILES string of the molecule is CC(NC(=O)c1n[nH]c2ccc(N)cc12)c1ncc[nH]1. The summed E-state index contributed by atoms with van der Waals surface area (Å²) in [5.41, 5.74) is 7.43. The second-order valence-corrected chi connectivity index (χ2v) is 4.55. The zero-order valence-corrected chi connectivity index (χ0v) is 10.8. The van der Waals surface area contributed by atoms with E-state index in [0.29, 0.717) is 22.6 Å². The Bertz CT molecular complexity index is 745. The molecule has 0 spiro atoms. The number of aromatic amines is 2. The van der Waals surface area contributed by atoms with E-state index in [4.69, 9.17) is 5.73 Å². The molecule has 0 saturated carbocycles. The Balaban J connectivity index is 1.87. The molecule has 5 N–H and O–H groups in total. The number of H-pyrrole nitrogens is 2. The Morgan fingerprint density at radius 2 is 2.30 bits per heavy atom. The van der Waals surface area contributed by atoms with Crippen molar-refractivity contribution in [3.05, 3.63) is 42.1 Å². The molecule has 0 bridgehead atoms. The number of carbonyl (C=O) groups excluding carboxylic acids is 1. The van der Waals surface area contributed by atoms with Crippen LogP contribution in [0.3, 0.4) is 0 Å². The van der Waals surface area contributed by atoms with Crippen LogP contribution in [-0.2, 0) is 0 Å². The third-order valence-corrected chi connectivity index (χ3v) is 3.08. The Hall–Kier alpha value is -2.83. The molecule has 20 heavy (non-hydrogen) atoms. The van der Waals surface area contributed by atoms with Crippen LogP contribution in [0.4, 0.5) is 5.69 Å². The van der Waals surface area contributed by atoms with Gasteiger partial charge in [0.1, 0.15) is 5.82 Å². The molecule has 2 aromatic heterocycles. The Labute approximate surface area is 114 Å². The molecular formula is C13H14N6O. The van der Waals surface area contributed by atoms with Crippen molar-refractivity contribution in [1.82, 2.24) is 25.5 Å². The minimum atomic E-state index is -0.272. The average Bonchev–Trinajstić information content (AvgIpc) is 3.07. The highest BCUT2D eigenvalue weighted by molar-refractivity contribution is 6.05. The van der Waals surface area contributed by atoms with Crippen molar-refractivity contribution >= 4 is 22.5 Å². The van der Waals surface area contributed by atoms with Gasteiger partial charge in [-0.1, -0.05) is 0 Å². The summed E-state index contributed by atoms with van der Waals surface area (Å²) in [6.45, 7) is 1.85. The topological polar surface area (TPSA) is 112 Å². The summed E-state index contributed by atoms with van der Waals surface area (Å²) < 4.78 is 0. The fourth-order valence-corrected chi connectivity index (χ4v) is 2.05. The number of benzene rings is 1. The molecule has 0 aliphatic carbocycles. The highest BCUT2D eigenvalue weighted by atomic mass is 16.2. The van der Waals surface area contributed by atoms with E-state index in [2.05, 4.69) is 25.5 Å². The summed E-state index contributed by atoms with van der Waals surface area (Å²) >= 11 is 0. The van der Waals surface area contributed by atoms with Gasteiger partial charge in [0.15, 0.2) is 5.69 Å². The molecule has 1 atom stereocenters. The first-order chi connectivity index (χ1) is 9.65. The monoisotopic (exact) mass is 270 g/mol. The van der Waals surface area contributed by atoms with Crippen LogP contribution >= 0.6 is 0 Å². The fraction of sp³-hybridized carbons (Fsp3) is 0.154. The van der Waals surface area contributed by atoms with E-state index in [9.17, 15) is 4.79 Å². The Morgan fingerprint density at radius 3 is 3.05 bits per heavy atom. The van der Waals surface area contributed by atoms with Crippen LogP contribution in [0.1, 0.15) is 29.3 Å². The number of nitrogen functional groups attached to an aromatic ring is 1. The lowest BCUT2D eigenvalue weighted by atomic mass is 10.1. The first-order valence-corrected chi connectivity index (χ1v) is 6.19. The molecule has 7 heteroatoms. The zero-order valence-electron chi connectivity index (χ0n) is 10.8. The summed E-state index contributed by atoms with van der Waals surface area (Å²) in [7, 11) is 0. The van der Waals surface area contributed by atoms with Crippen LogP contribution in [0, 0.1) is 0 Å². The number of nitrogens with one attached hydrogen (secondary N) is 3. The predicted octanol–water partition coefficient (Wildman–Crippen LogP) is 1.36.